The summed E-state index contributed by atoms with van der Waals surface area (Å²) in [6.07, 6.45) is 1.10. The fourth-order valence-electron chi connectivity index (χ4n) is 1.92. The van der Waals surface area contributed by atoms with Gasteiger partial charge in [-0.15, -0.1) is 0 Å². The van der Waals surface area contributed by atoms with Crippen LogP contribution in [0.5, 0.6) is 5.88 Å². The third-order valence-electron chi connectivity index (χ3n) is 3.05. The smallest absolute Gasteiger partial charge is 0.214 e. The minimum atomic E-state index is 0.177. The van der Waals surface area contributed by atoms with Gasteiger partial charge < -0.3 is 14.8 Å². The van der Waals surface area contributed by atoms with Crippen molar-refractivity contribution in [2.24, 2.45) is 5.92 Å². The summed E-state index contributed by atoms with van der Waals surface area (Å²) in [6, 6.07) is 4.18. The summed E-state index contributed by atoms with van der Waals surface area (Å²) in [5.41, 5.74) is 2.32. The normalized spacial score (nSPS) is 15.6. The molecular formula is C15H24N2O2. The van der Waals surface area contributed by atoms with Crippen molar-refractivity contribution in [2.75, 3.05) is 19.8 Å². The first-order chi connectivity index (χ1) is 9.17. The SMILES string of the molecule is CCc1cc(CNCC(C)C)cc(OC2COC2)n1. The highest BCUT2D eigenvalue weighted by Gasteiger charge is 2.20. The van der Waals surface area contributed by atoms with E-state index in [1.807, 2.05) is 6.07 Å². The third kappa shape index (κ3) is 4.48. The Labute approximate surface area is 115 Å². The molecule has 0 spiro atoms. The van der Waals surface area contributed by atoms with Gasteiger partial charge in [-0.3, -0.25) is 0 Å². The quantitative estimate of drug-likeness (QED) is 0.819. The summed E-state index contributed by atoms with van der Waals surface area (Å²) < 4.78 is 10.9. The number of nitrogens with one attached hydrogen (secondary N) is 1. The fourth-order valence-corrected chi connectivity index (χ4v) is 1.92. The molecule has 106 valence electrons. The third-order valence-corrected chi connectivity index (χ3v) is 3.05. The van der Waals surface area contributed by atoms with E-state index in [0.29, 0.717) is 19.1 Å². The van der Waals surface area contributed by atoms with E-state index in [-0.39, 0.29) is 6.10 Å². The summed E-state index contributed by atoms with van der Waals surface area (Å²) in [5.74, 6) is 1.39. The number of aryl methyl sites for hydroxylation is 1. The second kappa shape index (κ2) is 6.87. The predicted molar refractivity (Wildman–Crippen MR) is 75.4 cm³/mol. The van der Waals surface area contributed by atoms with Crippen molar-refractivity contribution >= 4 is 0 Å². The molecule has 1 fully saturated rings. The van der Waals surface area contributed by atoms with Crippen LogP contribution in [0.2, 0.25) is 0 Å². The highest BCUT2D eigenvalue weighted by atomic mass is 16.6. The second-order valence-electron chi connectivity index (χ2n) is 5.46. The van der Waals surface area contributed by atoms with Crippen molar-refractivity contribution in [1.82, 2.24) is 10.3 Å². The van der Waals surface area contributed by atoms with E-state index < -0.39 is 0 Å². The highest BCUT2D eigenvalue weighted by Crippen LogP contribution is 2.17. The lowest BCUT2D eigenvalue weighted by atomic mass is 10.2. The van der Waals surface area contributed by atoms with Crippen molar-refractivity contribution in [3.63, 3.8) is 0 Å². The molecule has 19 heavy (non-hydrogen) atoms. The van der Waals surface area contributed by atoms with Crippen LogP contribution in [0, 0.1) is 5.92 Å². The van der Waals surface area contributed by atoms with E-state index in [1.165, 1.54) is 5.56 Å². The molecule has 1 aliphatic heterocycles. The van der Waals surface area contributed by atoms with Crippen LogP contribution < -0.4 is 10.1 Å². The fraction of sp³-hybridized carbons (Fsp3) is 0.667. The molecule has 0 aliphatic carbocycles. The van der Waals surface area contributed by atoms with E-state index in [9.17, 15) is 0 Å². The topological polar surface area (TPSA) is 43.4 Å². The van der Waals surface area contributed by atoms with Crippen LogP contribution in [-0.2, 0) is 17.7 Å². The molecule has 1 aromatic heterocycles. The predicted octanol–water partition coefficient (Wildman–Crippen LogP) is 2.17. The molecule has 2 heterocycles. The molecule has 0 bridgehead atoms. The Morgan fingerprint density at radius 1 is 1.42 bits per heavy atom. The average molecular weight is 264 g/mol. The average Bonchev–Trinajstić information content (AvgIpc) is 2.33. The maximum atomic E-state index is 5.80. The number of aromatic nitrogens is 1. The van der Waals surface area contributed by atoms with E-state index in [2.05, 4.69) is 37.1 Å². The van der Waals surface area contributed by atoms with Crippen LogP contribution >= 0.6 is 0 Å². The molecule has 0 saturated carbocycles. The van der Waals surface area contributed by atoms with Crippen molar-refractivity contribution in [3.05, 3.63) is 23.4 Å². The minimum Gasteiger partial charge on any atom is -0.469 e. The summed E-state index contributed by atoms with van der Waals surface area (Å²) in [6.45, 7) is 9.79. The van der Waals surface area contributed by atoms with Gasteiger partial charge in [0.15, 0.2) is 0 Å². The van der Waals surface area contributed by atoms with Crippen LogP contribution in [0.4, 0.5) is 0 Å². The summed E-state index contributed by atoms with van der Waals surface area (Å²) in [4.78, 5) is 4.51. The molecule has 4 heteroatoms. The van der Waals surface area contributed by atoms with Gasteiger partial charge in [0.25, 0.3) is 0 Å². The Kier molecular flexibility index (Phi) is 5.16. The standard InChI is InChI=1S/C15H24N2O2/c1-4-13-5-12(8-16-7-11(2)3)6-15(17-13)19-14-9-18-10-14/h5-6,11,14,16H,4,7-10H2,1-3H3. The number of nitrogens with zero attached hydrogens (tertiary/aromatic N) is 1. The van der Waals surface area contributed by atoms with E-state index in [1.54, 1.807) is 0 Å². The lowest BCUT2D eigenvalue weighted by Gasteiger charge is -2.26. The molecule has 0 amide bonds. The molecule has 0 radical (unpaired) electrons. The molecule has 2 rings (SSSR count). The van der Waals surface area contributed by atoms with Gasteiger partial charge in [0.05, 0.1) is 13.2 Å². The van der Waals surface area contributed by atoms with Crippen molar-refractivity contribution in [3.8, 4) is 5.88 Å². The molecular weight excluding hydrogens is 240 g/mol. The van der Waals surface area contributed by atoms with Crippen molar-refractivity contribution in [1.29, 1.82) is 0 Å². The Balaban J connectivity index is 1.97. The first-order valence-electron chi connectivity index (χ1n) is 7.12. The number of hydrogen-bond donors (Lipinski definition) is 1. The molecule has 4 nitrogen and oxygen atoms in total. The second-order valence-corrected chi connectivity index (χ2v) is 5.46. The van der Waals surface area contributed by atoms with Gasteiger partial charge in [-0.1, -0.05) is 20.8 Å². The Hall–Kier alpha value is -1.13. The number of rotatable bonds is 7. The van der Waals surface area contributed by atoms with Crippen molar-refractivity contribution in [2.45, 2.75) is 39.8 Å². The number of pyridine rings is 1. The first-order valence-corrected chi connectivity index (χ1v) is 7.12. The van der Waals surface area contributed by atoms with Gasteiger partial charge in [-0.25, -0.2) is 4.98 Å². The summed E-state index contributed by atoms with van der Waals surface area (Å²) >= 11 is 0. The number of ether oxygens (including phenoxy) is 2. The molecule has 0 aromatic carbocycles. The van der Waals surface area contributed by atoms with Gasteiger partial charge in [-0.05, 0) is 30.5 Å². The lowest BCUT2D eigenvalue weighted by Crippen LogP contribution is -2.38. The number of hydrogen-bond acceptors (Lipinski definition) is 4. The first kappa shape index (κ1) is 14.3. The largest absolute Gasteiger partial charge is 0.469 e. The molecule has 0 atom stereocenters. The van der Waals surface area contributed by atoms with Crippen LogP contribution in [0.1, 0.15) is 32.0 Å². The zero-order chi connectivity index (χ0) is 13.7. The lowest BCUT2D eigenvalue weighted by molar-refractivity contribution is -0.0814. The van der Waals surface area contributed by atoms with Gasteiger partial charge in [0, 0.05) is 18.3 Å². The van der Waals surface area contributed by atoms with Crippen LogP contribution in [-0.4, -0.2) is 30.8 Å². The summed E-state index contributed by atoms with van der Waals surface area (Å²) in [5, 5.41) is 3.45. The van der Waals surface area contributed by atoms with Gasteiger partial charge in [0.1, 0.15) is 6.10 Å². The van der Waals surface area contributed by atoms with Crippen LogP contribution in [0.15, 0.2) is 12.1 Å². The van der Waals surface area contributed by atoms with Crippen LogP contribution in [0.3, 0.4) is 0 Å². The zero-order valence-electron chi connectivity index (χ0n) is 12.1. The Morgan fingerprint density at radius 2 is 2.21 bits per heavy atom. The van der Waals surface area contributed by atoms with E-state index in [4.69, 9.17) is 9.47 Å². The van der Waals surface area contributed by atoms with Crippen molar-refractivity contribution < 1.29 is 9.47 Å². The monoisotopic (exact) mass is 264 g/mol. The van der Waals surface area contributed by atoms with Gasteiger partial charge >= 0.3 is 0 Å². The molecule has 0 unspecified atom stereocenters. The van der Waals surface area contributed by atoms with Crippen LogP contribution in [0.25, 0.3) is 0 Å². The Bertz CT molecular complexity index is 403. The van der Waals surface area contributed by atoms with E-state index >= 15 is 0 Å². The van der Waals surface area contributed by atoms with Gasteiger partial charge in [-0.2, -0.15) is 0 Å². The minimum absolute atomic E-state index is 0.177. The Morgan fingerprint density at radius 3 is 2.79 bits per heavy atom. The van der Waals surface area contributed by atoms with Gasteiger partial charge in [0.2, 0.25) is 5.88 Å². The highest BCUT2D eigenvalue weighted by molar-refractivity contribution is 5.25. The van der Waals surface area contributed by atoms with E-state index in [0.717, 1.165) is 31.1 Å². The molecule has 1 aliphatic rings. The molecule has 1 saturated heterocycles. The molecule has 1 N–H and O–H groups in total. The maximum Gasteiger partial charge on any atom is 0.214 e. The zero-order valence-corrected chi connectivity index (χ0v) is 12.1. The summed E-state index contributed by atoms with van der Waals surface area (Å²) in [7, 11) is 0. The maximum absolute atomic E-state index is 5.80. The molecule has 1 aromatic rings.